The molecule has 1 atom stereocenters. The van der Waals surface area contributed by atoms with E-state index in [1.807, 2.05) is 10.8 Å². The second-order valence-electron chi connectivity index (χ2n) is 3.96. The van der Waals surface area contributed by atoms with E-state index in [1.54, 1.807) is 0 Å². The SMILES string of the molecule is OCCn1cc2c(c1)C(O)CCCC2. The first kappa shape index (κ1) is 9.74. The summed E-state index contributed by atoms with van der Waals surface area (Å²) < 4.78 is 1.97. The van der Waals surface area contributed by atoms with Crippen molar-refractivity contribution in [2.75, 3.05) is 6.61 Å². The van der Waals surface area contributed by atoms with Gasteiger partial charge in [-0.2, -0.15) is 0 Å². The molecule has 1 aliphatic carbocycles. The lowest BCUT2D eigenvalue weighted by Crippen LogP contribution is -1.99. The van der Waals surface area contributed by atoms with Crippen LogP contribution in [-0.2, 0) is 13.0 Å². The Morgan fingerprint density at radius 1 is 1.36 bits per heavy atom. The zero-order valence-electron chi connectivity index (χ0n) is 8.32. The lowest BCUT2D eigenvalue weighted by molar-refractivity contribution is 0.166. The van der Waals surface area contributed by atoms with E-state index in [0.717, 1.165) is 31.2 Å². The van der Waals surface area contributed by atoms with Crippen LogP contribution in [-0.4, -0.2) is 21.4 Å². The van der Waals surface area contributed by atoms with Gasteiger partial charge in [-0.3, -0.25) is 0 Å². The molecule has 78 valence electrons. The molecule has 1 aromatic heterocycles. The Hall–Kier alpha value is -0.800. The van der Waals surface area contributed by atoms with E-state index >= 15 is 0 Å². The van der Waals surface area contributed by atoms with E-state index in [-0.39, 0.29) is 12.7 Å². The van der Waals surface area contributed by atoms with Crippen molar-refractivity contribution in [1.82, 2.24) is 4.57 Å². The lowest BCUT2D eigenvalue weighted by atomic mass is 10.1. The van der Waals surface area contributed by atoms with Crippen LogP contribution in [0.15, 0.2) is 12.4 Å². The zero-order chi connectivity index (χ0) is 9.97. The maximum absolute atomic E-state index is 9.85. The maximum atomic E-state index is 9.85. The van der Waals surface area contributed by atoms with E-state index in [1.165, 1.54) is 5.56 Å². The van der Waals surface area contributed by atoms with Gasteiger partial charge in [0, 0.05) is 24.5 Å². The van der Waals surface area contributed by atoms with Crippen molar-refractivity contribution < 1.29 is 10.2 Å². The third-order valence-corrected chi connectivity index (χ3v) is 2.89. The summed E-state index contributed by atoms with van der Waals surface area (Å²) in [6.07, 6.45) is 7.93. The molecular formula is C11H17NO2. The number of fused-ring (bicyclic) bond motifs is 1. The molecule has 0 spiro atoms. The van der Waals surface area contributed by atoms with E-state index in [0.29, 0.717) is 6.54 Å². The third-order valence-electron chi connectivity index (χ3n) is 2.89. The van der Waals surface area contributed by atoms with E-state index < -0.39 is 0 Å². The van der Waals surface area contributed by atoms with Crippen LogP contribution in [0, 0.1) is 0 Å². The molecule has 14 heavy (non-hydrogen) atoms. The Labute approximate surface area is 84.0 Å². The summed E-state index contributed by atoms with van der Waals surface area (Å²) in [5.74, 6) is 0. The number of nitrogens with zero attached hydrogens (tertiary/aromatic N) is 1. The molecular weight excluding hydrogens is 178 g/mol. The summed E-state index contributed by atoms with van der Waals surface area (Å²) in [5.41, 5.74) is 2.32. The van der Waals surface area contributed by atoms with Gasteiger partial charge in [0.15, 0.2) is 0 Å². The van der Waals surface area contributed by atoms with Gasteiger partial charge in [0.25, 0.3) is 0 Å². The van der Waals surface area contributed by atoms with Crippen molar-refractivity contribution >= 4 is 0 Å². The summed E-state index contributed by atoms with van der Waals surface area (Å²) in [6.45, 7) is 0.781. The molecule has 3 heteroatoms. The van der Waals surface area contributed by atoms with Crippen molar-refractivity contribution in [3.8, 4) is 0 Å². The molecule has 1 aromatic rings. The molecule has 0 radical (unpaired) electrons. The van der Waals surface area contributed by atoms with Crippen LogP contribution in [0.3, 0.4) is 0 Å². The fourth-order valence-electron chi connectivity index (χ4n) is 2.14. The molecule has 0 saturated heterocycles. The fourth-order valence-corrected chi connectivity index (χ4v) is 2.14. The predicted octanol–water partition coefficient (Wildman–Crippen LogP) is 1.24. The topological polar surface area (TPSA) is 45.4 Å². The van der Waals surface area contributed by atoms with Crippen LogP contribution in [0.4, 0.5) is 0 Å². The van der Waals surface area contributed by atoms with Gasteiger partial charge in [-0.1, -0.05) is 6.42 Å². The molecule has 3 nitrogen and oxygen atoms in total. The fraction of sp³-hybridized carbons (Fsp3) is 0.636. The number of rotatable bonds is 2. The van der Waals surface area contributed by atoms with Crippen molar-refractivity contribution in [3.05, 3.63) is 23.5 Å². The molecule has 1 aliphatic rings. The largest absolute Gasteiger partial charge is 0.395 e. The molecule has 0 aliphatic heterocycles. The van der Waals surface area contributed by atoms with Gasteiger partial charge in [-0.15, -0.1) is 0 Å². The van der Waals surface area contributed by atoms with E-state index in [9.17, 15) is 5.11 Å². The van der Waals surface area contributed by atoms with Crippen molar-refractivity contribution in [2.45, 2.75) is 38.3 Å². The summed E-state index contributed by atoms with van der Waals surface area (Å²) in [5, 5.41) is 18.7. The molecule has 0 bridgehead atoms. The highest BCUT2D eigenvalue weighted by molar-refractivity contribution is 5.27. The number of aliphatic hydroxyl groups excluding tert-OH is 2. The van der Waals surface area contributed by atoms with Gasteiger partial charge in [0.05, 0.1) is 12.7 Å². The molecule has 1 unspecified atom stereocenters. The second kappa shape index (κ2) is 4.15. The number of aliphatic hydroxyl groups is 2. The average Bonchev–Trinajstić information content (AvgIpc) is 2.49. The first-order valence-electron chi connectivity index (χ1n) is 5.28. The van der Waals surface area contributed by atoms with Crippen molar-refractivity contribution in [3.63, 3.8) is 0 Å². The number of hydrogen-bond acceptors (Lipinski definition) is 2. The predicted molar refractivity (Wildman–Crippen MR) is 54.0 cm³/mol. The standard InChI is InChI=1S/C11H17NO2/c13-6-5-12-7-9-3-1-2-4-11(14)10(9)8-12/h7-8,11,13-14H,1-6H2. The normalized spacial score (nSPS) is 21.7. The molecule has 0 fully saturated rings. The quantitative estimate of drug-likeness (QED) is 0.697. The zero-order valence-corrected chi connectivity index (χ0v) is 8.32. The monoisotopic (exact) mass is 195 g/mol. The van der Waals surface area contributed by atoms with Crippen LogP contribution >= 0.6 is 0 Å². The van der Waals surface area contributed by atoms with Crippen LogP contribution in [0.25, 0.3) is 0 Å². The van der Waals surface area contributed by atoms with Crippen molar-refractivity contribution in [2.24, 2.45) is 0 Å². The van der Waals surface area contributed by atoms with Gasteiger partial charge in [-0.05, 0) is 24.8 Å². The minimum atomic E-state index is -0.299. The Morgan fingerprint density at radius 2 is 2.21 bits per heavy atom. The van der Waals surface area contributed by atoms with Crippen LogP contribution < -0.4 is 0 Å². The number of hydrogen-bond donors (Lipinski definition) is 2. The highest BCUT2D eigenvalue weighted by atomic mass is 16.3. The molecule has 0 saturated carbocycles. The van der Waals surface area contributed by atoms with Gasteiger partial charge >= 0.3 is 0 Å². The molecule has 1 heterocycles. The Balaban J connectivity index is 2.24. The first-order chi connectivity index (χ1) is 6.81. The minimum Gasteiger partial charge on any atom is -0.395 e. The molecule has 0 aromatic carbocycles. The Morgan fingerprint density at radius 3 is 3.00 bits per heavy atom. The highest BCUT2D eigenvalue weighted by Crippen LogP contribution is 2.28. The lowest BCUT2D eigenvalue weighted by Gasteiger charge is -2.05. The van der Waals surface area contributed by atoms with Crippen LogP contribution in [0.2, 0.25) is 0 Å². The summed E-state index contributed by atoms with van der Waals surface area (Å²) in [4.78, 5) is 0. The Kier molecular flexibility index (Phi) is 2.89. The number of aryl methyl sites for hydroxylation is 1. The first-order valence-corrected chi connectivity index (χ1v) is 5.28. The maximum Gasteiger partial charge on any atom is 0.0807 e. The van der Waals surface area contributed by atoms with Crippen LogP contribution in [0.1, 0.15) is 36.5 Å². The van der Waals surface area contributed by atoms with Gasteiger partial charge in [-0.25, -0.2) is 0 Å². The van der Waals surface area contributed by atoms with Gasteiger partial charge in [0.2, 0.25) is 0 Å². The highest BCUT2D eigenvalue weighted by Gasteiger charge is 2.17. The summed E-state index contributed by atoms with van der Waals surface area (Å²) in [7, 11) is 0. The van der Waals surface area contributed by atoms with Gasteiger partial charge < -0.3 is 14.8 Å². The molecule has 2 rings (SSSR count). The molecule has 2 N–H and O–H groups in total. The summed E-state index contributed by atoms with van der Waals surface area (Å²) in [6, 6.07) is 0. The Bertz CT molecular complexity index is 306. The van der Waals surface area contributed by atoms with Crippen LogP contribution in [0.5, 0.6) is 0 Å². The van der Waals surface area contributed by atoms with Gasteiger partial charge in [0.1, 0.15) is 0 Å². The molecule has 0 amide bonds. The number of aromatic nitrogens is 1. The second-order valence-corrected chi connectivity index (χ2v) is 3.96. The summed E-state index contributed by atoms with van der Waals surface area (Å²) >= 11 is 0. The minimum absolute atomic E-state index is 0.156. The third kappa shape index (κ3) is 1.83. The van der Waals surface area contributed by atoms with Crippen molar-refractivity contribution in [1.29, 1.82) is 0 Å². The van der Waals surface area contributed by atoms with E-state index in [4.69, 9.17) is 5.11 Å². The average molecular weight is 195 g/mol. The van der Waals surface area contributed by atoms with E-state index in [2.05, 4.69) is 6.20 Å². The smallest absolute Gasteiger partial charge is 0.0807 e.